The van der Waals surface area contributed by atoms with Crippen LogP contribution in [0.5, 0.6) is 5.75 Å². The summed E-state index contributed by atoms with van der Waals surface area (Å²) in [7, 11) is 1.69. The van der Waals surface area contributed by atoms with Crippen LogP contribution >= 0.6 is 23.2 Å². The number of likely N-dealkylation sites (N-methyl/N-ethyl adjacent to an activating group) is 1. The summed E-state index contributed by atoms with van der Waals surface area (Å²) in [6.45, 7) is 1.38. The van der Waals surface area contributed by atoms with Crippen molar-refractivity contribution in [3.8, 4) is 5.75 Å². The Morgan fingerprint density at radius 2 is 1.83 bits per heavy atom. The highest BCUT2D eigenvalue weighted by Gasteiger charge is 2.24. The number of aliphatic imine (C=N–C) groups is 1. The smallest absolute Gasteiger partial charge is 0.326 e. The summed E-state index contributed by atoms with van der Waals surface area (Å²) in [5, 5.41) is 15.5. The number of carbonyl (C=O) groups excluding carboxylic acids is 2. The first-order valence-electron chi connectivity index (χ1n) is 11.0. The Bertz CT molecular complexity index is 1090. The van der Waals surface area contributed by atoms with Gasteiger partial charge in [-0.1, -0.05) is 41.4 Å². The molecular weight excluding hydrogens is 495 g/mol. The maximum absolute atomic E-state index is 12.6. The lowest BCUT2D eigenvalue weighted by molar-refractivity contribution is -0.139. The summed E-state index contributed by atoms with van der Waals surface area (Å²) in [6.07, 6.45) is 1.72. The van der Waals surface area contributed by atoms with Crippen LogP contribution in [0, 0.1) is 0 Å². The summed E-state index contributed by atoms with van der Waals surface area (Å²) >= 11 is 12.1. The number of carboxylic acid groups (broad SMARTS) is 1. The van der Waals surface area contributed by atoms with E-state index in [1.807, 2.05) is 0 Å². The van der Waals surface area contributed by atoms with Gasteiger partial charge in [0.1, 0.15) is 18.3 Å². The molecule has 0 aliphatic carbocycles. The number of carboxylic acids is 1. The molecule has 0 fully saturated rings. The number of guanidine groups is 1. The standard InChI is InChI=1S/C24H26Cl2N4O5/c1-30-20(31)14-28-24(30)27-11-2-3-12-35-16-9-7-15(8-10-16)13-19(23(33)34)29-22(32)21-17(25)5-4-6-18(21)26/h4-10,19H,2-3,11-14H2,1H3,(H,27,28)(H,29,32)(H,33,34)/t19-/m0/s1. The average Bonchev–Trinajstić information content (AvgIpc) is 3.14. The van der Waals surface area contributed by atoms with Gasteiger partial charge in [0, 0.05) is 20.0 Å². The van der Waals surface area contributed by atoms with Gasteiger partial charge in [0.05, 0.1) is 22.2 Å². The number of hydrogen-bond acceptors (Lipinski definition) is 6. The van der Waals surface area contributed by atoms with Gasteiger partial charge in [-0.05, 0) is 42.7 Å². The molecule has 1 atom stereocenters. The van der Waals surface area contributed by atoms with Crippen molar-refractivity contribution in [3.63, 3.8) is 0 Å². The summed E-state index contributed by atoms with van der Waals surface area (Å²) in [5.41, 5.74) is 0.758. The Morgan fingerprint density at radius 1 is 1.14 bits per heavy atom. The van der Waals surface area contributed by atoms with Gasteiger partial charge in [-0.3, -0.25) is 14.5 Å². The lowest BCUT2D eigenvalue weighted by Crippen LogP contribution is -2.42. The van der Waals surface area contributed by atoms with Crippen LogP contribution in [0.25, 0.3) is 0 Å². The van der Waals surface area contributed by atoms with Crippen LogP contribution in [0.4, 0.5) is 0 Å². The molecule has 9 nitrogen and oxygen atoms in total. The fraction of sp³-hybridized carbons (Fsp3) is 0.333. The fourth-order valence-electron chi connectivity index (χ4n) is 3.37. The van der Waals surface area contributed by atoms with Crippen molar-refractivity contribution in [1.29, 1.82) is 0 Å². The van der Waals surface area contributed by atoms with Crippen LogP contribution in [-0.4, -0.2) is 66.5 Å². The minimum atomic E-state index is -1.17. The molecule has 11 heteroatoms. The molecular formula is C24H26Cl2N4O5. The molecule has 1 aliphatic rings. The molecule has 35 heavy (non-hydrogen) atoms. The van der Waals surface area contributed by atoms with E-state index in [9.17, 15) is 19.5 Å². The van der Waals surface area contributed by atoms with E-state index in [1.54, 1.807) is 37.4 Å². The monoisotopic (exact) mass is 520 g/mol. The fourth-order valence-corrected chi connectivity index (χ4v) is 3.94. The van der Waals surface area contributed by atoms with Crippen molar-refractivity contribution in [2.75, 3.05) is 26.7 Å². The zero-order valence-electron chi connectivity index (χ0n) is 19.1. The SMILES string of the molecule is CN1C(=O)CN=C1NCCCCOc1ccc(C[C@H](NC(=O)c2c(Cl)cccc2Cl)C(=O)O)cc1. The van der Waals surface area contributed by atoms with E-state index in [0.717, 1.165) is 18.4 Å². The lowest BCUT2D eigenvalue weighted by Gasteiger charge is -2.16. The predicted molar refractivity (Wildman–Crippen MR) is 133 cm³/mol. The first kappa shape index (κ1) is 26.3. The number of amides is 2. The maximum atomic E-state index is 12.6. The van der Waals surface area contributed by atoms with Gasteiger partial charge in [0.2, 0.25) is 5.96 Å². The van der Waals surface area contributed by atoms with Crippen LogP contribution < -0.4 is 15.4 Å². The Kier molecular flexibility index (Phi) is 9.33. The number of nitrogens with one attached hydrogen (secondary N) is 2. The van der Waals surface area contributed by atoms with E-state index in [0.29, 0.717) is 24.9 Å². The van der Waals surface area contributed by atoms with E-state index in [4.69, 9.17) is 27.9 Å². The molecule has 3 rings (SSSR count). The van der Waals surface area contributed by atoms with E-state index in [2.05, 4.69) is 15.6 Å². The number of rotatable bonds is 11. The van der Waals surface area contributed by atoms with Crippen LogP contribution in [0.2, 0.25) is 10.0 Å². The summed E-state index contributed by atoms with van der Waals surface area (Å²) in [5.74, 6) is -0.597. The highest BCUT2D eigenvalue weighted by molar-refractivity contribution is 6.39. The van der Waals surface area contributed by atoms with Gasteiger partial charge in [-0.15, -0.1) is 0 Å². The minimum Gasteiger partial charge on any atom is -0.494 e. The molecule has 1 heterocycles. The lowest BCUT2D eigenvalue weighted by atomic mass is 10.1. The Morgan fingerprint density at radius 3 is 2.43 bits per heavy atom. The second-order valence-electron chi connectivity index (χ2n) is 7.88. The number of carbonyl (C=O) groups is 3. The van der Waals surface area contributed by atoms with Crippen LogP contribution in [0.15, 0.2) is 47.5 Å². The number of ether oxygens (including phenoxy) is 1. The molecule has 2 aromatic rings. The number of hydrogen-bond donors (Lipinski definition) is 3. The first-order chi connectivity index (χ1) is 16.8. The van der Waals surface area contributed by atoms with Crippen LogP contribution in [0.3, 0.4) is 0 Å². The minimum absolute atomic E-state index is 0.0266. The van der Waals surface area contributed by atoms with Crippen molar-refractivity contribution in [3.05, 3.63) is 63.6 Å². The normalized spacial score (nSPS) is 13.9. The third-order valence-corrected chi connectivity index (χ3v) is 5.97. The van der Waals surface area contributed by atoms with Gasteiger partial charge < -0.3 is 20.5 Å². The molecule has 2 aromatic carbocycles. The number of benzene rings is 2. The molecule has 1 aliphatic heterocycles. The molecule has 0 saturated carbocycles. The number of aliphatic carboxylic acids is 1. The molecule has 0 radical (unpaired) electrons. The van der Waals surface area contributed by atoms with Gasteiger partial charge in [0.15, 0.2) is 0 Å². The van der Waals surface area contributed by atoms with Gasteiger partial charge in [0.25, 0.3) is 11.8 Å². The van der Waals surface area contributed by atoms with Crippen molar-refractivity contribution in [2.45, 2.75) is 25.3 Å². The molecule has 0 unspecified atom stereocenters. The molecule has 186 valence electrons. The Balaban J connectivity index is 1.43. The summed E-state index contributed by atoms with van der Waals surface area (Å²) in [4.78, 5) is 41.3. The quantitative estimate of drug-likeness (QED) is 0.391. The third kappa shape index (κ3) is 7.34. The zero-order valence-corrected chi connectivity index (χ0v) is 20.6. The second kappa shape index (κ2) is 12.4. The number of unbranched alkanes of at least 4 members (excludes halogenated alkanes) is 1. The topological polar surface area (TPSA) is 120 Å². The van der Waals surface area contributed by atoms with Crippen molar-refractivity contribution in [2.24, 2.45) is 4.99 Å². The van der Waals surface area contributed by atoms with Gasteiger partial charge in [-0.25, -0.2) is 9.79 Å². The average molecular weight is 521 g/mol. The summed E-state index contributed by atoms with van der Waals surface area (Å²) < 4.78 is 5.73. The number of halogens is 2. The zero-order chi connectivity index (χ0) is 25.4. The molecule has 0 spiro atoms. The van der Waals surface area contributed by atoms with E-state index in [-0.39, 0.29) is 34.5 Å². The van der Waals surface area contributed by atoms with E-state index < -0.39 is 17.9 Å². The third-order valence-electron chi connectivity index (χ3n) is 5.34. The van der Waals surface area contributed by atoms with Crippen molar-refractivity contribution < 1.29 is 24.2 Å². The van der Waals surface area contributed by atoms with Gasteiger partial charge in [-0.2, -0.15) is 0 Å². The molecule has 0 aromatic heterocycles. The molecule has 3 N–H and O–H groups in total. The highest BCUT2D eigenvalue weighted by atomic mass is 35.5. The Hall–Kier alpha value is -3.30. The van der Waals surface area contributed by atoms with E-state index >= 15 is 0 Å². The van der Waals surface area contributed by atoms with Crippen LogP contribution in [-0.2, 0) is 16.0 Å². The second-order valence-corrected chi connectivity index (χ2v) is 8.70. The van der Waals surface area contributed by atoms with Gasteiger partial charge >= 0.3 is 5.97 Å². The Labute approximate surface area is 213 Å². The highest BCUT2D eigenvalue weighted by Crippen LogP contribution is 2.24. The maximum Gasteiger partial charge on any atom is 0.326 e. The molecule has 0 bridgehead atoms. The predicted octanol–water partition coefficient (Wildman–Crippen LogP) is 3.00. The largest absolute Gasteiger partial charge is 0.494 e. The number of nitrogens with zero attached hydrogens (tertiary/aromatic N) is 2. The van der Waals surface area contributed by atoms with Crippen molar-refractivity contribution >= 4 is 46.9 Å². The molecule has 2 amide bonds. The van der Waals surface area contributed by atoms with Crippen molar-refractivity contribution in [1.82, 2.24) is 15.5 Å². The van der Waals surface area contributed by atoms with E-state index in [1.165, 1.54) is 17.0 Å². The first-order valence-corrected chi connectivity index (χ1v) is 11.8. The summed E-state index contributed by atoms with van der Waals surface area (Å²) in [6, 6.07) is 10.5. The molecule has 0 saturated heterocycles. The van der Waals surface area contributed by atoms with Crippen LogP contribution in [0.1, 0.15) is 28.8 Å².